The monoisotopic (exact) mass is 165 g/mol. The second-order valence-corrected chi connectivity index (χ2v) is 2.56. The summed E-state index contributed by atoms with van der Waals surface area (Å²) < 4.78 is 0. The van der Waals surface area contributed by atoms with Crippen LogP contribution < -0.4 is 5.73 Å². The van der Waals surface area contributed by atoms with Crippen LogP contribution in [0.4, 0.5) is 0 Å². The van der Waals surface area contributed by atoms with Gasteiger partial charge in [0.1, 0.15) is 6.23 Å². The third-order valence-electron chi connectivity index (χ3n) is 1.49. The highest BCUT2D eigenvalue weighted by atomic mass is 16.3. The maximum Gasteiger partial charge on any atom is 0.166 e. The van der Waals surface area contributed by atoms with E-state index in [0.29, 0.717) is 5.56 Å². The molecule has 0 radical (unpaired) electrons. The average molecular weight is 165 g/mol. The highest BCUT2D eigenvalue weighted by Crippen LogP contribution is 2.02. The van der Waals surface area contributed by atoms with Crippen LogP contribution in [0.15, 0.2) is 30.3 Å². The van der Waals surface area contributed by atoms with Crippen molar-refractivity contribution in [1.82, 2.24) is 0 Å². The lowest BCUT2D eigenvalue weighted by Crippen LogP contribution is -2.22. The fraction of sp³-hybridized carbons (Fsp3) is 0.222. The quantitative estimate of drug-likeness (QED) is 0.507. The van der Waals surface area contributed by atoms with Crippen LogP contribution >= 0.6 is 0 Å². The zero-order chi connectivity index (χ0) is 8.97. The smallest absolute Gasteiger partial charge is 0.166 e. The molecule has 1 atom stereocenters. The Kier molecular flexibility index (Phi) is 2.96. The van der Waals surface area contributed by atoms with Crippen molar-refractivity contribution in [2.75, 3.05) is 0 Å². The Morgan fingerprint density at radius 1 is 1.42 bits per heavy atom. The van der Waals surface area contributed by atoms with Crippen molar-refractivity contribution in [3.05, 3.63) is 35.9 Å². The number of aliphatic hydroxyl groups excluding tert-OH is 1. The van der Waals surface area contributed by atoms with E-state index < -0.39 is 6.23 Å². The molecule has 3 heteroatoms. The largest absolute Gasteiger partial charge is 0.378 e. The van der Waals surface area contributed by atoms with Crippen molar-refractivity contribution < 1.29 is 9.90 Å². The molecule has 1 aromatic carbocycles. The van der Waals surface area contributed by atoms with Crippen LogP contribution in [0.3, 0.4) is 0 Å². The number of Topliss-reactive ketones (excluding diaryl/α,β-unsaturated/α-hetero) is 1. The van der Waals surface area contributed by atoms with Crippen molar-refractivity contribution >= 4 is 5.78 Å². The van der Waals surface area contributed by atoms with Gasteiger partial charge in [-0.25, -0.2) is 0 Å². The normalized spacial score (nSPS) is 12.5. The van der Waals surface area contributed by atoms with Crippen LogP contribution in [0, 0.1) is 0 Å². The Hall–Kier alpha value is -1.19. The van der Waals surface area contributed by atoms with E-state index in [2.05, 4.69) is 0 Å². The first-order chi connectivity index (χ1) is 5.70. The first-order valence-corrected chi connectivity index (χ1v) is 3.72. The predicted octanol–water partition coefficient (Wildman–Crippen LogP) is 0.536. The first-order valence-electron chi connectivity index (χ1n) is 3.72. The molecule has 0 aliphatic rings. The van der Waals surface area contributed by atoms with Gasteiger partial charge in [-0.05, 0) is 0 Å². The Labute approximate surface area is 70.8 Å². The van der Waals surface area contributed by atoms with E-state index in [4.69, 9.17) is 10.8 Å². The molecule has 0 aromatic heterocycles. The minimum Gasteiger partial charge on any atom is -0.378 e. The van der Waals surface area contributed by atoms with E-state index in [-0.39, 0.29) is 12.2 Å². The molecule has 0 bridgehead atoms. The molecule has 3 nitrogen and oxygen atoms in total. The van der Waals surface area contributed by atoms with Gasteiger partial charge in [0, 0.05) is 5.56 Å². The van der Waals surface area contributed by atoms with Gasteiger partial charge in [0.2, 0.25) is 0 Å². The third-order valence-corrected chi connectivity index (χ3v) is 1.49. The highest BCUT2D eigenvalue weighted by Gasteiger charge is 2.07. The van der Waals surface area contributed by atoms with E-state index in [9.17, 15) is 4.79 Å². The van der Waals surface area contributed by atoms with Gasteiger partial charge in [0.25, 0.3) is 0 Å². The molecule has 1 rings (SSSR count). The van der Waals surface area contributed by atoms with Crippen LogP contribution in [-0.4, -0.2) is 17.1 Å². The molecule has 0 fully saturated rings. The molecule has 0 spiro atoms. The number of benzene rings is 1. The van der Waals surface area contributed by atoms with Gasteiger partial charge in [-0.3, -0.25) is 4.79 Å². The van der Waals surface area contributed by atoms with Gasteiger partial charge in [0.15, 0.2) is 5.78 Å². The number of hydrogen-bond acceptors (Lipinski definition) is 3. The summed E-state index contributed by atoms with van der Waals surface area (Å²) in [5, 5.41) is 8.74. The lowest BCUT2D eigenvalue weighted by Gasteiger charge is -2.02. The molecule has 0 saturated heterocycles. The topological polar surface area (TPSA) is 63.3 Å². The van der Waals surface area contributed by atoms with E-state index >= 15 is 0 Å². The molecule has 12 heavy (non-hydrogen) atoms. The van der Waals surface area contributed by atoms with Gasteiger partial charge in [-0.15, -0.1) is 0 Å². The standard InChI is InChI=1S/C9H11NO2/c10-9(12)6-8(11)7-4-2-1-3-5-7/h1-5,9,12H,6,10H2. The number of aliphatic hydroxyl groups is 1. The van der Waals surface area contributed by atoms with Gasteiger partial charge < -0.3 is 10.8 Å². The minimum atomic E-state index is -1.06. The maximum absolute atomic E-state index is 11.2. The summed E-state index contributed by atoms with van der Waals surface area (Å²) in [6.07, 6.45) is -1.08. The second-order valence-electron chi connectivity index (χ2n) is 2.56. The zero-order valence-corrected chi connectivity index (χ0v) is 6.60. The number of hydrogen-bond donors (Lipinski definition) is 2. The third kappa shape index (κ3) is 2.45. The maximum atomic E-state index is 11.2. The molecular formula is C9H11NO2. The van der Waals surface area contributed by atoms with Gasteiger partial charge in [0.05, 0.1) is 6.42 Å². The summed E-state index contributed by atoms with van der Waals surface area (Å²) in [5.74, 6) is -0.134. The lowest BCUT2D eigenvalue weighted by molar-refractivity contribution is 0.0889. The Bertz CT molecular complexity index is 256. The Balaban J connectivity index is 2.66. The number of rotatable bonds is 3. The molecule has 1 unspecified atom stereocenters. The Morgan fingerprint density at radius 3 is 2.50 bits per heavy atom. The summed E-state index contributed by atoms with van der Waals surface area (Å²) in [6.45, 7) is 0. The summed E-state index contributed by atoms with van der Waals surface area (Å²) in [5.41, 5.74) is 5.65. The number of carbonyl (C=O) groups is 1. The molecule has 0 amide bonds. The van der Waals surface area contributed by atoms with E-state index in [0.717, 1.165) is 0 Å². The summed E-state index contributed by atoms with van der Waals surface area (Å²) in [6, 6.07) is 8.78. The minimum absolute atomic E-state index is 0.0238. The fourth-order valence-electron chi connectivity index (χ4n) is 0.932. The second kappa shape index (κ2) is 3.99. The van der Waals surface area contributed by atoms with E-state index in [1.54, 1.807) is 24.3 Å². The van der Waals surface area contributed by atoms with E-state index in [1.165, 1.54) is 0 Å². The molecular weight excluding hydrogens is 154 g/mol. The van der Waals surface area contributed by atoms with Gasteiger partial charge in [-0.1, -0.05) is 30.3 Å². The molecule has 1 aromatic rings. The van der Waals surface area contributed by atoms with Crippen molar-refractivity contribution in [3.63, 3.8) is 0 Å². The predicted molar refractivity (Wildman–Crippen MR) is 45.6 cm³/mol. The molecule has 0 aliphatic heterocycles. The van der Waals surface area contributed by atoms with Crippen molar-refractivity contribution in [1.29, 1.82) is 0 Å². The van der Waals surface area contributed by atoms with Crippen LogP contribution in [0.25, 0.3) is 0 Å². The average Bonchev–Trinajstić information content (AvgIpc) is 2.05. The highest BCUT2D eigenvalue weighted by molar-refractivity contribution is 5.96. The first kappa shape index (κ1) is 8.90. The molecule has 0 aliphatic carbocycles. The van der Waals surface area contributed by atoms with Crippen molar-refractivity contribution in [2.45, 2.75) is 12.6 Å². The van der Waals surface area contributed by atoms with Crippen LogP contribution in [0.1, 0.15) is 16.8 Å². The molecule has 3 N–H and O–H groups in total. The number of nitrogens with two attached hydrogens (primary N) is 1. The van der Waals surface area contributed by atoms with Gasteiger partial charge >= 0.3 is 0 Å². The Morgan fingerprint density at radius 2 is 2.00 bits per heavy atom. The number of carbonyl (C=O) groups excluding carboxylic acids is 1. The van der Waals surface area contributed by atoms with Crippen LogP contribution in [-0.2, 0) is 0 Å². The number of ketones is 1. The van der Waals surface area contributed by atoms with Crippen LogP contribution in [0.2, 0.25) is 0 Å². The fourth-order valence-corrected chi connectivity index (χ4v) is 0.932. The summed E-state index contributed by atoms with van der Waals surface area (Å²) in [4.78, 5) is 11.2. The zero-order valence-electron chi connectivity index (χ0n) is 6.60. The van der Waals surface area contributed by atoms with Crippen LogP contribution in [0.5, 0.6) is 0 Å². The summed E-state index contributed by atoms with van der Waals surface area (Å²) >= 11 is 0. The van der Waals surface area contributed by atoms with Gasteiger partial charge in [-0.2, -0.15) is 0 Å². The SMILES string of the molecule is NC(O)CC(=O)c1ccccc1. The summed E-state index contributed by atoms with van der Waals surface area (Å²) in [7, 11) is 0. The molecule has 0 saturated carbocycles. The van der Waals surface area contributed by atoms with Crippen molar-refractivity contribution in [3.8, 4) is 0 Å². The molecule has 64 valence electrons. The molecule has 0 heterocycles. The van der Waals surface area contributed by atoms with Crippen molar-refractivity contribution in [2.24, 2.45) is 5.73 Å². The lowest BCUT2D eigenvalue weighted by atomic mass is 10.1. The van der Waals surface area contributed by atoms with E-state index in [1.807, 2.05) is 6.07 Å².